The van der Waals surface area contributed by atoms with E-state index in [2.05, 4.69) is 25.6 Å². The van der Waals surface area contributed by atoms with Crippen LogP contribution in [-0.2, 0) is 0 Å². The molecule has 0 unspecified atom stereocenters. The molecule has 3 rings (SSSR count). The van der Waals surface area contributed by atoms with Crippen molar-refractivity contribution < 1.29 is 13.9 Å². The monoisotopic (exact) mass is 429 g/mol. The standard InChI is InChI=1S/C21H21ClFN5O2/c1-21(2,3)12-30-16-9-17(23)25-11-15(16)27-20(29)13-6-7-24-19(8-13)28-18-5-4-14(22)10-26-18/h4-11H,12H2,1-3H3,(H,27,29)(H,24,26,28). The van der Waals surface area contributed by atoms with Crippen molar-refractivity contribution in [3.63, 3.8) is 0 Å². The van der Waals surface area contributed by atoms with E-state index in [0.717, 1.165) is 6.07 Å². The summed E-state index contributed by atoms with van der Waals surface area (Å²) in [7, 11) is 0. The van der Waals surface area contributed by atoms with Gasteiger partial charge in [-0.1, -0.05) is 32.4 Å². The van der Waals surface area contributed by atoms with E-state index in [4.69, 9.17) is 16.3 Å². The minimum atomic E-state index is -0.692. The molecule has 3 aromatic rings. The lowest BCUT2D eigenvalue weighted by molar-refractivity contribution is 0.102. The fourth-order valence-corrected chi connectivity index (χ4v) is 2.45. The molecule has 9 heteroatoms. The second-order valence-electron chi connectivity index (χ2n) is 7.72. The molecular weight excluding hydrogens is 409 g/mol. The highest BCUT2D eigenvalue weighted by molar-refractivity contribution is 6.30. The second-order valence-corrected chi connectivity index (χ2v) is 8.16. The van der Waals surface area contributed by atoms with Crippen LogP contribution in [0.15, 0.2) is 48.9 Å². The van der Waals surface area contributed by atoms with Gasteiger partial charge in [0, 0.05) is 24.0 Å². The summed E-state index contributed by atoms with van der Waals surface area (Å²) in [4.78, 5) is 24.6. The van der Waals surface area contributed by atoms with E-state index in [-0.39, 0.29) is 16.9 Å². The molecule has 0 aromatic carbocycles. The Kier molecular flexibility index (Phi) is 6.47. The maximum atomic E-state index is 13.6. The number of nitrogens with zero attached hydrogens (tertiary/aromatic N) is 3. The fraction of sp³-hybridized carbons (Fsp3) is 0.238. The molecular formula is C21H21ClFN5O2. The number of rotatable bonds is 6. The normalized spacial score (nSPS) is 11.1. The van der Waals surface area contributed by atoms with Gasteiger partial charge in [-0.3, -0.25) is 4.79 Å². The van der Waals surface area contributed by atoms with Gasteiger partial charge in [0.2, 0.25) is 5.95 Å². The molecule has 0 saturated heterocycles. The van der Waals surface area contributed by atoms with E-state index < -0.39 is 11.9 Å². The number of amides is 1. The number of hydrogen-bond acceptors (Lipinski definition) is 6. The fourth-order valence-electron chi connectivity index (χ4n) is 2.34. The molecule has 2 N–H and O–H groups in total. The molecule has 7 nitrogen and oxygen atoms in total. The Morgan fingerprint density at radius 2 is 1.90 bits per heavy atom. The first-order valence-electron chi connectivity index (χ1n) is 9.14. The van der Waals surface area contributed by atoms with E-state index in [9.17, 15) is 9.18 Å². The van der Waals surface area contributed by atoms with Gasteiger partial charge in [0.15, 0.2) is 0 Å². The number of pyridine rings is 3. The van der Waals surface area contributed by atoms with Crippen LogP contribution in [0, 0.1) is 11.4 Å². The Bertz CT molecular complexity index is 1040. The molecule has 156 valence electrons. The molecule has 0 bridgehead atoms. The van der Waals surface area contributed by atoms with Gasteiger partial charge in [0.1, 0.15) is 23.1 Å². The maximum absolute atomic E-state index is 13.6. The van der Waals surface area contributed by atoms with E-state index in [1.54, 1.807) is 24.3 Å². The third-order valence-corrected chi connectivity index (χ3v) is 3.97. The number of anilines is 3. The van der Waals surface area contributed by atoms with Crippen LogP contribution in [-0.4, -0.2) is 27.5 Å². The summed E-state index contributed by atoms with van der Waals surface area (Å²) in [6, 6.07) is 7.65. The molecule has 0 spiro atoms. The van der Waals surface area contributed by atoms with E-state index in [0.29, 0.717) is 28.8 Å². The van der Waals surface area contributed by atoms with Crippen LogP contribution in [0.2, 0.25) is 5.02 Å². The molecule has 1 amide bonds. The van der Waals surface area contributed by atoms with Crippen LogP contribution in [0.4, 0.5) is 21.7 Å². The molecule has 0 aliphatic rings. The van der Waals surface area contributed by atoms with Gasteiger partial charge in [0.25, 0.3) is 5.91 Å². The Hall–Kier alpha value is -3.26. The highest BCUT2D eigenvalue weighted by Crippen LogP contribution is 2.27. The Morgan fingerprint density at radius 1 is 1.10 bits per heavy atom. The van der Waals surface area contributed by atoms with Crippen molar-refractivity contribution in [2.75, 3.05) is 17.2 Å². The highest BCUT2D eigenvalue weighted by Gasteiger charge is 2.16. The lowest BCUT2D eigenvalue weighted by Gasteiger charge is -2.20. The smallest absolute Gasteiger partial charge is 0.255 e. The van der Waals surface area contributed by atoms with Gasteiger partial charge >= 0.3 is 0 Å². The number of hydrogen-bond donors (Lipinski definition) is 2. The van der Waals surface area contributed by atoms with Gasteiger partial charge < -0.3 is 15.4 Å². The van der Waals surface area contributed by atoms with Crippen LogP contribution < -0.4 is 15.4 Å². The number of carbonyl (C=O) groups excluding carboxylic acids is 1. The summed E-state index contributed by atoms with van der Waals surface area (Å²) in [5.41, 5.74) is 0.478. The summed E-state index contributed by atoms with van der Waals surface area (Å²) < 4.78 is 19.3. The van der Waals surface area contributed by atoms with Crippen LogP contribution >= 0.6 is 11.6 Å². The van der Waals surface area contributed by atoms with Crippen molar-refractivity contribution in [3.05, 3.63) is 65.5 Å². The van der Waals surface area contributed by atoms with Gasteiger partial charge in [-0.05, 0) is 29.7 Å². The topological polar surface area (TPSA) is 89.0 Å². The van der Waals surface area contributed by atoms with Crippen LogP contribution in [0.5, 0.6) is 5.75 Å². The molecule has 3 aromatic heterocycles. The molecule has 0 radical (unpaired) electrons. The quantitative estimate of drug-likeness (QED) is 0.531. The molecule has 0 aliphatic carbocycles. The zero-order chi connectivity index (χ0) is 21.7. The van der Waals surface area contributed by atoms with Gasteiger partial charge in [-0.15, -0.1) is 0 Å². The number of halogens is 2. The van der Waals surface area contributed by atoms with Gasteiger partial charge in [0.05, 0.1) is 17.8 Å². The third kappa shape index (κ3) is 6.12. The lowest BCUT2D eigenvalue weighted by Crippen LogP contribution is -2.19. The number of nitrogens with one attached hydrogen (secondary N) is 2. The first-order chi connectivity index (χ1) is 14.2. The summed E-state index contributed by atoms with van der Waals surface area (Å²) in [5, 5.41) is 6.22. The first-order valence-corrected chi connectivity index (χ1v) is 9.52. The first kappa shape index (κ1) is 21.4. The summed E-state index contributed by atoms with van der Waals surface area (Å²) in [5.74, 6) is 0.0637. The predicted molar refractivity (Wildman–Crippen MR) is 114 cm³/mol. The van der Waals surface area contributed by atoms with Crippen molar-refractivity contribution in [1.29, 1.82) is 0 Å². The Morgan fingerprint density at radius 3 is 2.60 bits per heavy atom. The minimum Gasteiger partial charge on any atom is -0.491 e. The largest absolute Gasteiger partial charge is 0.491 e. The van der Waals surface area contributed by atoms with Gasteiger partial charge in [-0.25, -0.2) is 15.0 Å². The van der Waals surface area contributed by atoms with E-state index >= 15 is 0 Å². The maximum Gasteiger partial charge on any atom is 0.255 e. The molecule has 0 atom stereocenters. The van der Waals surface area contributed by atoms with Crippen molar-refractivity contribution in [1.82, 2.24) is 15.0 Å². The average Bonchev–Trinajstić information content (AvgIpc) is 2.69. The highest BCUT2D eigenvalue weighted by atomic mass is 35.5. The zero-order valence-corrected chi connectivity index (χ0v) is 17.5. The molecule has 0 saturated carbocycles. The minimum absolute atomic E-state index is 0.137. The number of ether oxygens (including phenoxy) is 1. The summed E-state index contributed by atoms with van der Waals surface area (Å²) in [6.07, 6.45) is 4.22. The third-order valence-electron chi connectivity index (χ3n) is 3.75. The molecule has 0 fully saturated rings. The molecule has 0 aliphatic heterocycles. The average molecular weight is 430 g/mol. The Balaban J connectivity index is 1.75. The van der Waals surface area contributed by atoms with E-state index in [1.165, 1.54) is 18.6 Å². The van der Waals surface area contributed by atoms with Crippen molar-refractivity contribution in [2.24, 2.45) is 5.41 Å². The van der Waals surface area contributed by atoms with E-state index in [1.807, 2.05) is 20.8 Å². The van der Waals surface area contributed by atoms with Crippen LogP contribution in [0.25, 0.3) is 0 Å². The van der Waals surface area contributed by atoms with Crippen molar-refractivity contribution in [3.8, 4) is 5.75 Å². The Labute approximate surface area is 178 Å². The molecule has 3 heterocycles. The van der Waals surface area contributed by atoms with Gasteiger partial charge in [-0.2, -0.15) is 4.39 Å². The summed E-state index contributed by atoms with van der Waals surface area (Å²) in [6.45, 7) is 6.31. The summed E-state index contributed by atoms with van der Waals surface area (Å²) >= 11 is 5.83. The number of aromatic nitrogens is 3. The SMILES string of the molecule is CC(C)(C)COc1cc(F)ncc1NC(=O)c1ccnc(Nc2ccc(Cl)cn2)c1. The predicted octanol–water partition coefficient (Wildman–Crippen LogP) is 5.08. The van der Waals surface area contributed by atoms with Crippen LogP contribution in [0.3, 0.4) is 0 Å². The molecule has 30 heavy (non-hydrogen) atoms. The second kappa shape index (κ2) is 9.04. The zero-order valence-electron chi connectivity index (χ0n) is 16.7. The number of carbonyl (C=O) groups is 1. The lowest BCUT2D eigenvalue weighted by atomic mass is 9.99. The van der Waals surface area contributed by atoms with Crippen molar-refractivity contribution >= 4 is 34.8 Å². The van der Waals surface area contributed by atoms with Crippen molar-refractivity contribution in [2.45, 2.75) is 20.8 Å². The van der Waals surface area contributed by atoms with Crippen LogP contribution in [0.1, 0.15) is 31.1 Å².